The van der Waals surface area contributed by atoms with Gasteiger partial charge >= 0.3 is 5.97 Å². The van der Waals surface area contributed by atoms with Crippen LogP contribution >= 0.6 is 0 Å². The molecule has 1 heterocycles. The first-order valence-electron chi connectivity index (χ1n) is 9.58. The smallest absolute Gasteiger partial charge is 0.312 e. The van der Waals surface area contributed by atoms with E-state index in [-0.39, 0.29) is 24.7 Å². The van der Waals surface area contributed by atoms with Gasteiger partial charge in [0.2, 0.25) is 11.7 Å². The summed E-state index contributed by atoms with van der Waals surface area (Å²) in [6, 6.07) is 14.7. The molecule has 1 aliphatic heterocycles. The molecule has 0 aromatic heterocycles. The van der Waals surface area contributed by atoms with Gasteiger partial charge in [-0.25, -0.2) is 0 Å². The van der Waals surface area contributed by atoms with Crippen LogP contribution in [0.3, 0.4) is 0 Å². The molecule has 1 fully saturated rings. The fraction of sp³-hybridized carbons (Fsp3) is 0.348. The van der Waals surface area contributed by atoms with E-state index in [2.05, 4.69) is 0 Å². The molecule has 2 aromatic carbocycles. The molecule has 1 aliphatic rings. The second kappa shape index (κ2) is 8.38. The molecule has 0 N–H and O–H groups in total. The van der Waals surface area contributed by atoms with Gasteiger partial charge in [0.05, 0.1) is 5.92 Å². The lowest BCUT2D eigenvalue weighted by Crippen LogP contribution is -2.32. The van der Waals surface area contributed by atoms with Crippen LogP contribution in [0.15, 0.2) is 48.5 Å². The van der Waals surface area contributed by atoms with Gasteiger partial charge in [0.1, 0.15) is 0 Å². The van der Waals surface area contributed by atoms with Crippen LogP contribution in [0.2, 0.25) is 0 Å². The Balaban J connectivity index is 1.71. The summed E-state index contributed by atoms with van der Waals surface area (Å²) in [5.74, 6) is -1.36. The number of hydrogen-bond donors (Lipinski definition) is 0. The van der Waals surface area contributed by atoms with E-state index >= 15 is 0 Å². The zero-order valence-corrected chi connectivity index (χ0v) is 16.5. The second-order valence-corrected chi connectivity index (χ2v) is 7.21. The van der Waals surface area contributed by atoms with Crippen molar-refractivity contribution in [1.82, 2.24) is 0 Å². The molecule has 5 heteroatoms. The minimum absolute atomic E-state index is 0.0956. The predicted molar refractivity (Wildman–Crippen MR) is 107 cm³/mol. The van der Waals surface area contributed by atoms with Gasteiger partial charge in [-0.3, -0.25) is 14.4 Å². The maximum absolute atomic E-state index is 12.7. The Kier molecular flexibility index (Phi) is 5.93. The van der Waals surface area contributed by atoms with Crippen molar-refractivity contribution in [3.8, 4) is 0 Å². The minimum Gasteiger partial charge on any atom is -0.454 e. The molecule has 1 amide bonds. The monoisotopic (exact) mass is 379 g/mol. The Morgan fingerprint density at radius 3 is 2.32 bits per heavy atom. The molecule has 5 nitrogen and oxygen atoms in total. The van der Waals surface area contributed by atoms with E-state index in [9.17, 15) is 14.4 Å². The van der Waals surface area contributed by atoms with Gasteiger partial charge in [-0.15, -0.1) is 0 Å². The summed E-state index contributed by atoms with van der Waals surface area (Å²) in [5, 5.41) is 0. The Labute approximate surface area is 165 Å². The molecule has 0 aliphatic carbocycles. The van der Waals surface area contributed by atoms with Crippen LogP contribution in [0, 0.1) is 19.8 Å². The molecule has 2 aromatic rings. The van der Waals surface area contributed by atoms with Crippen molar-refractivity contribution >= 4 is 23.3 Å². The van der Waals surface area contributed by atoms with Gasteiger partial charge in [0, 0.05) is 24.2 Å². The highest BCUT2D eigenvalue weighted by Crippen LogP contribution is 2.31. The van der Waals surface area contributed by atoms with Crippen LogP contribution in [0.4, 0.5) is 5.69 Å². The molecular formula is C23H25NO4. The van der Waals surface area contributed by atoms with Gasteiger partial charge in [0.25, 0.3) is 0 Å². The lowest BCUT2D eigenvalue weighted by molar-refractivity contribution is -0.151. The number of aryl methyl sites for hydroxylation is 2. The van der Waals surface area contributed by atoms with Crippen LogP contribution in [-0.2, 0) is 14.3 Å². The zero-order chi connectivity index (χ0) is 20.3. The van der Waals surface area contributed by atoms with Crippen LogP contribution < -0.4 is 4.90 Å². The number of amides is 1. The van der Waals surface area contributed by atoms with Crippen LogP contribution in [0.5, 0.6) is 0 Å². The molecule has 0 unspecified atom stereocenters. The molecule has 0 bridgehead atoms. The van der Waals surface area contributed by atoms with Crippen molar-refractivity contribution in [2.45, 2.75) is 39.7 Å². The lowest BCUT2D eigenvalue weighted by Gasteiger charge is -2.22. The zero-order valence-electron chi connectivity index (χ0n) is 16.5. The number of esters is 1. The third-order valence-electron chi connectivity index (χ3n) is 5.15. The van der Waals surface area contributed by atoms with Crippen molar-refractivity contribution in [3.05, 3.63) is 65.2 Å². The molecule has 0 radical (unpaired) electrons. The van der Waals surface area contributed by atoms with E-state index < -0.39 is 18.0 Å². The van der Waals surface area contributed by atoms with Crippen molar-refractivity contribution < 1.29 is 19.1 Å². The van der Waals surface area contributed by atoms with Crippen molar-refractivity contribution in [2.75, 3.05) is 11.4 Å². The topological polar surface area (TPSA) is 63.7 Å². The normalized spacial score (nSPS) is 17.5. The summed E-state index contributed by atoms with van der Waals surface area (Å²) in [7, 11) is 0. The van der Waals surface area contributed by atoms with Crippen molar-refractivity contribution in [1.29, 1.82) is 0 Å². The standard InChI is InChI=1S/C23H25NO4/c1-4-19(22(26)17-11-6-5-7-12-17)28-23(27)18-13-20(25)24(14-18)21-15(2)9-8-10-16(21)3/h5-12,18-19H,4,13-14H2,1-3H3/t18-,19+/m1/s1. The highest BCUT2D eigenvalue weighted by atomic mass is 16.5. The van der Waals surface area contributed by atoms with Gasteiger partial charge in [0.15, 0.2) is 6.10 Å². The highest BCUT2D eigenvalue weighted by Gasteiger charge is 2.38. The van der Waals surface area contributed by atoms with Gasteiger partial charge in [-0.05, 0) is 31.4 Å². The number of carbonyl (C=O) groups is 3. The number of anilines is 1. The van der Waals surface area contributed by atoms with Crippen molar-refractivity contribution in [2.24, 2.45) is 5.92 Å². The number of hydrogen-bond acceptors (Lipinski definition) is 4. The fourth-order valence-corrected chi connectivity index (χ4v) is 3.66. The average molecular weight is 379 g/mol. The number of carbonyl (C=O) groups excluding carboxylic acids is 3. The SMILES string of the molecule is CC[C@H](OC(=O)[C@@H]1CC(=O)N(c2c(C)cccc2C)C1)C(=O)c1ccccc1. The number of rotatable bonds is 6. The summed E-state index contributed by atoms with van der Waals surface area (Å²) in [4.78, 5) is 39.5. The lowest BCUT2D eigenvalue weighted by atomic mass is 10.0. The van der Waals surface area contributed by atoms with Crippen molar-refractivity contribution in [3.63, 3.8) is 0 Å². The van der Waals surface area contributed by atoms with Crippen LogP contribution in [-0.4, -0.2) is 30.3 Å². The molecule has 0 spiro atoms. The van der Waals surface area contributed by atoms with Crippen LogP contribution in [0.25, 0.3) is 0 Å². The van der Waals surface area contributed by atoms with E-state index in [0.29, 0.717) is 12.0 Å². The first kappa shape index (κ1) is 19.8. The number of nitrogens with zero attached hydrogens (tertiary/aromatic N) is 1. The summed E-state index contributed by atoms with van der Waals surface area (Å²) in [5.41, 5.74) is 3.36. The first-order valence-corrected chi connectivity index (χ1v) is 9.58. The maximum Gasteiger partial charge on any atom is 0.312 e. The quantitative estimate of drug-likeness (QED) is 0.565. The molecular weight excluding hydrogens is 354 g/mol. The largest absolute Gasteiger partial charge is 0.454 e. The summed E-state index contributed by atoms with van der Waals surface area (Å²) in [6.45, 7) is 5.99. The minimum atomic E-state index is -0.834. The Morgan fingerprint density at radius 1 is 1.07 bits per heavy atom. The molecule has 2 atom stereocenters. The van der Waals surface area contributed by atoms with Gasteiger partial charge in [-0.1, -0.05) is 55.5 Å². The average Bonchev–Trinajstić information content (AvgIpc) is 3.07. The fourth-order valence-electron chi connectivity index (χ4n) is 3.66. The molecule has 3 rings (SSSR count). The first-order chi connectivity index (χ1) is 13.4. The summed E-state index contributed by atoms with van der Waals surface area (Å²) in [6.07, 6.45) is -0.345. The third-order valence-corrected chi connectivity index (χ3v) is 5.15. The van der Waals surface area contributed by atoms with Gasteiger partial charge < -0.3 is 9.64 Å². The number of benzene rings is 2. The predicted octanol–water partition coefficient (Wildman–Crippen LogP) is 3.86. The molecule has 1 saturated heterocycles. The number of ether oxygens (including phenoxy) is 1. The molecule has 0 saturated carbocycles. The number of ketones is 1. The maximum atomic E-state index is 12.7. The Hall–Kier alpha value is -2.95. The Bertz CT molecular complexity index is 870. The Morgan fingerprint density at radius 2 is 1.71 bits per heavy atom. The summed E-state index contributed by atoms with van der Waals surface area (Å²) >= 11 is 0. The molecule has 28 heavy (non-hydrogen) atoms. The van der Waals surface area contributed by atoms with E-state index in [1.165, 1.54) is 0 Å². The third kappa shape index (κ3) is 3.98. The van der Waals surface area contributed by atoms with E-state index in [1.807, 2.05) is 45.0 Å². The molecule has 146 valence electrons. The second-order valence-electron chi connectivity index (χ2n) is 7.21. The number of para-hydroxylation sites is 1. The van der Waals surface area contributed by atoms with Gasteiger partial charge in [-0.2, -0.15) is 0 Å². The van der Waals surface area contributed by atoms with E-state index in [1.54, 1.807) is 29.2 Å². The number of Topliss-reactive ketones (excluding diaryl/α,β-unsaturated/α-hetero) is 1. The van der Waals surface area contributed by atoms with E-state index in [4.69, 9.17) is 4.74 Å². The highest BCUT2D eigenvalue weighted by molar-refractivity contribution is 6.02. The van der Waals surface area contributed by atoms with E-state index in [0.717, 1.165) is 16.8 Å². The summed E-state index contributed by atoms with van der Waals surface area (Å²) < 4.78 is 5.53. The van der Waals surface area contributed by atoms with Crippen LogP contribution in [0.1, 0.15) is 41.3 Å².